The van der Waals surface area contributed by atoms with Gasteiger partial charge in [-0.2, -0.15) is 0 Å². The van der Waals surface area contributed by atoms with Gasteiger partial charge in [-0.1, -0.05) is 19.1 Å². The number of likely N-dealkylation sites (tertiary alicyclic amines) is 1. The van der Waals surface area contributed by atoms with E-state index in [4.69, 9.17) is 0 Å². The first kappa shape index (κ1) is 13.4. The summed E-state index contributed by atoms with van der Waals surface area (Å²) in [6.07, 6.45) is 5.00. The fourth-order valence-corrected chi connectivity index (χ4v) is 3.18. The van der Waals surface area contributed by atoms with Crippen LogP contribution in [0.4, 0.5) is 5.69 Å². The number of aromatic nitrogens is 1. The Kier molecular flexibility index (Phi) is 3.62. The van der Waals surface area contributed by atoms with Crippen LogP contribution in [-0.4, -0.2) is 35.6 Å². The maximum Gasteiger partial charge on any atom is 0.0437 e. The molecule has 1 saturated heterocycles. The van der Waals surface area contributed by atoms with E-state index in [1.165, 1.54) is 22.9 Å². The number of anilines is 1. The van der Waals surface area contributed by atoms with Crippen LogP contribution in [0.3, 0.4) is 0 Å². The van der Waals surface area contributed by atoms with E-state index in [0.717, 1.165) is 6.54 Å². The Morgan fingerprint density at radius 2 is 2.10 bits per heavy atom. The summed E-state index contributed by atoms with van der Waals surface area (Å²) in [6, 6.07) is 9.67. The molecule has 0 saturated carbocycles. The van der Waals surface area contributed by atoms with E-state index < -0.39 is 0 Å². The van der Waals surface area contributed by atoms with Crippen LogP contribution in [0.1, 0.15) is 20.3 Å². The summed E-state index contributed by atoms with van der Waals surface area (Å²) in [5, 5.41) is 6.22. The Bertz CT molecular complexity index is 590. The maximum absolute atomic E-state index is 4.26. The topological polar surface area (TPSA) is 28.2 Å². The molecule has 0 amide bonds. The van der Waals surface area contributed by atoms with Gasteiger partial charge in [-0.05, 0) is 43.8 Å². The van der Waals surface area contributed by atoms with Crippen molar-refractivity contribution in [3.63, 3.8) is 0 Å². The lowest BCUT2D eigenvalue weighted by atomic mass is 9.89. The second-order valence-corrected chi connectivity index (χ2v) is 6.15. The fourth-order valence-electron chi connectivity index (χ4n) is 3.18. The fraction of sp³-hybridized carbons (Fsp3) is 0.471. The van der Waals surface area contributed by atoms with Gasteiger partial charge in [0.1, 0.15) is 0 Å². The predicted molar refractivity (Wildman–Crippen MR) is 85.0 cm³/mol. The Balaban J connectivity index is 1.86. The first-order valence-corrected chi connectivity index (χ1v) is 7.44. The van der Waals surface area contributed by atoms with E-state index >= 15 is 0 Å². The number of hydrogen-bond acceptors (Lipinski definition) is 3. The van der Waals surface area contributed by atoms with Gasteiger partial charge in [0.25, 0.3) is 0 Å². The highest BCUT2D eigenvalue weighted by Gasteiger charge is 2.28. The lowest BCUT2D eigenvalue weighted by molar-refractivity contribution is 0.146. The summed E-state index contributed by atoms with van der Waals surface area (Å²) in [7, 11) is 2.22. The van der Waals surface area contributed by atoms with Crippen LogP contribution in [0.2, 0.25) is 0 Å². The number of fused-ring (bicyclic) bond motifs is 1. The first-order chi connectivity index (χ1) is 9.65. The van der Waals surface area contributed by atoms with Crippen molar-refractivity contribution in [3.8, 4) is 0 Å². The van der Waals surface area contributed by atoms with Gasteiger partial charge < -0.3 is 10.2 Å². The molecule has 0 spiro atoms. The third kappa shape index (κ3) is 2.50. The van der Waals surface area contributed by atoms with Gasteiger partial charge in [0.2, 0.25) is 0 Å². The van der Waals surface area contributed by atoms with E-state index in [1.54, 1.807) is 0 Å². The molecule has 0 bridgehead atoms. The van der Waals surface area contributed by atoms with Crippen LogP contribution >= 0.6 is 0 Å². The molecule has 1 N–H and O–H groups in total. The molecule has 3 nitrogen and oxygen atoms in total. The molecule has 3 unspecified atom stereocenters. The van der Waals surface area contributed by atoms with Crippen molar-refractivity contribution in [3.05, 3.63) is 36.7 Å². The van der Waals surface area contributed by atoms with Gasteiger partial charge >= 0.3 is 0 Å². The molecule has 3 atom stereocenters. The summed E-state index contributed by atoms with van der Waals surface area (Å²) >= 11 is 0. The number of hydrogen-bond donors (Lipinski definition) is 1. The minimum Gasteiger partial charge on any atom is -0.381 e. The van der Waals surface area contributed by atoms with Crippen molar-refractivity contribution in [2.45, 2.75) is 32.4 Å². The second kappa shape index (κ2) is 5.41. The summed E-state index contributed by atoms with van der Waals surface area (Å²) in [4.78, 5) is 6.72. The molecule has 3 rings (SSSR count). The number of rotatable bonds is 2. The summed E-state index contributed by atoms with van der Waals surface area (Å²) in [5.74, 6) is 0.656. The Labute approximate surface area is 121 Å². The molecule has 1 aliphatic rings. The number of pyridine rings is 1. The first-order valence-electron chi connectivity index (χ1n) is 7.44. The molecule has 1 aliphatic heterocycles. The average molecular weight is 269 g/mol. The quantitative estimate of drug-likeness (QED) is 0.906. The molecule has 1 aromatic carbocycles. The molecular formula is C17H23N3. The van der Waals surface area contributed by atoms with Crippen molar-refractivity contribution >= 4 is 16.5 Å². The van der Waals surface area contributed by atoms with Gasteiger partial charge in [-0.3, -0.25) is 4.98 Å². The van der Waals surface area contributed by atoms with Crippen LogP contribution in [0.25, 0.3) is 10.8 Å². The Morgan fingerprint density at radius 1 is 1.25 bits per heavy atom. The standard InChI is InChI=1S/C17H23N3/c1-12-11-20(3)13(2)9-17(12)19-16-6-4-5-14-7-8-18-10-15(14)16/h4-8,10,12-13,17,19H,9,11H2,1-3H3. The molecule has 0 radical (unpaired) electrons. The number of nitrogens with one attached hydrogen (secondary N) is 1. The van der Waals surface area contributed by atoms with E-state index in [9.17, 15) is 0 Å². The highest BCUT2D eigenvalue weighted by Crippen LogP contribution is 2.28. The van der Waals surface area contributed by atoms with Crippen LogP contribution in [0.15, 0.2) is 36.7 Å². The Morgan fingerprint density at radius 3 is 2.95 bits per heavy atom. The van der Waals surface area contributed by atoms with Crippen LogP contribution < -0.4 is 5.32 Å². The van der Waals surface area contributed by atoms with Crippen molar-refractivity contribution in [1.29, 1.82) is 0 Å². The van der Waals surface area contributed by atoms with Crippen LogP contribution in [-0.2, 0) is 0 Å². The number of benzene rings is 1. The molecule has 2 heterocycles. The zero-order chi connectivity index (χ0) is 14.1. The van der Waals surface area contributed by atoms with E-state index in [1.807, 2.05) is 12.4 Å². The average Bonchev–Trinajstić information content (AvgIpc) is 2.45. The molecule has 1 aromatic heterocycles. The summed E-state index contributed by atoms with van der Waals surface area (Å²) < 4.78 is 0. The lowest BCUT2D eigenvalue weighted by Gasteiger charge is -2.40. The third-order valence-electron chi connectivity index (χ3n) is 4.63. The highest BCUT2D eigenvalue weighted by atomic mass is 15.2. The molecular weight excluding hydrogens is 246 g/mol. The van der Waals surface area contributed by atoms with Crippen molar-refractivity contribution in [2.24, 2.45) is 5.92 Å². The molecule has 3 heteroatoms. The van der Waals surface area contributed by atoms with Crippen molar-refractivity contribution in [1.82, 2.24) is 9.88 Å². The van der Waals surface area contributed by atoms with E-state index in [-0.39, 0.29) is 0 Å². The van der Waals surface area contributed by atoms with Gasteiger partial charge in [0.05, 0.1) is 0 Å². The van der Waals surface area contributed by atoms with Crippen LogP contribution in [0, 0.1) is 5.92 Å². The predicted octanol–water partition coefficient (Wildman–Crippen LogP) is 3.38. The van der Waals surface area contributed by atoms with E-state index in [0.29, 0.717) is 18.0 Å². The Hall–Kier alpha value is -1.61. The molecule has 0 aliphatic carbocycles. The van der Waals surface area contributed by atoms with Crippen molar-refractivity contribution in [2.75, 3.05) is 18.9 Å². The van der Waals surface area contributed by atoms with Gasteiger partial charge in [-0.15, -0.1) is 0 Å². The minimum atomic E-state index is 0.534. The summed E-state index contributed by atoms with van der Waals surface area (Å²) in [5.41, 5.74) is 1.21. The van der Waals surface area contributed by atoms with Gasteiger partial charge in [0.15, 0.2) is 0 Å². The number of piperidine rings is 1. The normalized spacial score (nSPS) is 27.6. The SMILES string of the molecule is CC1CN(C)C(C)CC1Nc1cccc2ccncc12. The number of nitrogens with zero attached hydrogens (tertiary/aromatic N) is 2. The van der Waals surface area contributed by atoms with Crippen LogP contribution in [0.5, 0.6) is 0 Å². The monoisotopic (exact) mass is 269 g/mol. The molecule has 2 aromatic rings. The molecule has 106 valence electrons. The highest BCUT2D eigenvalue weighted by molar-refractivity contribution is 5.93. The molecule has 1 fully saturated rings. The zero-order valence-electron chi connectivity index (χ0n) is 12.5. The van der Waals surface area contributed by atoms with Gasteiger partial charge in [-0.25, -0.2) is 0 Å². The third-order valence-corrected chi connectivity index (χ3v) is 4.63. The van der Waals surface area contributed by atoms with Gasteiger partial charge in [0, 0.05) is 42.1 Å². The van der Waals surface area contributed by atoms with E-state index in [2.05, 4.69) is 60.4 Å². The second-order valence-electron chi connectivity index (χ2n) is 6.15. The maximum atomic E-state index is 4.26. The summed E-state index contributed by atoms with van der Waals surface area (Å²) in [6.45, 7) is 5.80. The largest absolute Gasteiger partial charge is 0.381 e. The van der Waals surface area contributed by atoms with Crippen molar-refractivity contribution < 1.29 is 0 Å². The smallest absolute Gasteiger partial charge is 0.0437 e. The lowest BCUT2D eigenvalue weighted by Crippen LogP contribution is -2.48. The minimum absolute atomic E-state index is 0.534. The zero-order valence-corrected chi connectivity index (χ0v) is 12.5. The molecule has 20 heavy (non-hydrogen) atoms.